The average molecular weight is 499 g/mol. The number of benzene rings is 2. The van der Waals surface area contributed by atoms with Crippen molar-refractivity contribution in [2.24, 2.45) is 5.73 Å². The van der Waals surface area contributed by atoms with E-state index in [1.54, 1.807) is 24.3 Å². The molecular weight excluding hydrogens is 478 g/mol. The molecule has 0 radical (unpaired) electrons. The third-order valence-electron chi connectivity index (χ3n) is 6.98. The molecule has 0 aliphatic carbocycles. The maximum atomic E-state index is 14.5. The first-order valence-corrected chi connectivity index (χ1v) is 11.2. The lowest BCUT2D eigenvalue weighted by atomic mass is 9.73. The van der Waals surface area contributed by atoms with Crippen molar-refractivity contribution >= 4 is 27.6 Å². The molecule has 0 spiro atoms. The van der Waals surface area contributed by atoms with Crippen molar-refractivity contribution in [1.29, 1.82) is 0 Å². The second-order valence-electron chi connectivity index (χ2n) is 9.17. The Morgan fingerprint density at radius 1 is 1.14 bits per heavy atom. The summed E-state index contributed by atoms with van der Waals surface area (Å²) in [6.45, 7) is 0.650. The number of aromatic nitrogens is 2. The van der Waals surface area contributed by atoms with Crippen LogP contribution in [0, 0.1) is 5.82 Å². The van der Waals surface area contributed by atoms with E-state index >= 15 is 0 Å². The van der Waals surface area contributed by atoms with Crippen molar-refractivity contribution in [3.63, 3.8) is 0 Å². The summed E-state index contributed by atoms with van der Waals surface area (Å²) in [5.41, 5.74) is 3.28. The van der Waals surface area contributed by atoms with Gasteiger partial charge >= 0.3 is 6.18 Å². The van der Waals surface area contributed by atoms with E-state index in [-0.39, 0.29) is 28.6 Å². The van der Waals surface area contributed by atoms with Gasteiger partial charge in [0.2, 0.25) is 0 Å². The lowest BCUT2D eigenvalue weighted by Gasteiger charge is -2.44. The summed E-state index contributed by atoms with van der Waals surface area (Å²) in [5, 5.41) is 0.773. The molecule has 4 aromatic rings. The largest absolute Gasteiger partial charge is 0.417 e. The van der Waals surface area contributed by atoms with Crippen LogP contribution in [0.15, 0.2) is 59.5 Å². The highest BCUT2D eigenvalue weighted by molar-refractivity contribution is 6.03. The van der Waals surface area contributed by atoms with Gasteiger partial charge in [0.25, 0.3) is 5.91 Å². The Morgan fingerprint density at radius 3 is 2.56 bits per heavy atom. The number of primary amides is 1. The van der Waals surface area contributed by atoms with E-state index < -0.39 is 47.2 Å². The van der Waals surface area contributed by atoms with Crippen molar-refractivity contribution in [3.05, 3.63) is 87.7 Å². The first kappa shape index (κ1) is 23.9. The highest BCUT2D eigenvalue weighted by Gasteiger charge is 2.57. The number of aromatic amines is 1. The third-order valence-corrected chi connectivity index (χ3v) is 6.98. The summed E-state index contributed by atoms with van der Waals surface area (Å²) in [4.78, 5) is 31.7. The number of hydrogen-bond acceptors (Lipinski definition) is 4. The van der Waals surface area contributed by atoms with E-state index in [1.165, 1.54) is 30.5 Å². The number of carbonyl (C=O) groups is 1. The fourth-order valence-electron chi connectivity index (χ4n) is 5.06. The van der Waals surface area contributed by atoms with Gasteiger partial charge in [0.15, 0.2) is 11.0 Å². The van der Waals surface area contributed by atoms with Crippen LogP contribution in [0.1, 0.15) is 46.9 Å². The minimum atomic E-state index is -4.65. The molecule has 2 aromatic carbocycles. The molecule has 10 heteroatoms. The van der Waals surface area contributed by atoms with Gasteiger partial charge in [-0.25, -0.2) is 4.39 Å². The average Bonchev–Trinajstić information content (AvgIpc) is 2.83. The van der Waals surface area contributed by atoms with E-state index in [0.29, 0.717) is 16.6 Å². The van der Waals surface area contributed by atoms with Gasteiger partial charge in [0, 0.05) is 29.3 Å². The molecule has 3 N–H and O–H groups in total. The molecule has 186 valence electrons. The zero-order chi connectivity index (χ0) is 25.8. The van der Waals surface area contributed by atoms with Crippen LogP contribution in [0.2, 0.25) is 0 Å². The van der Waals surface area contributed by atoms with E-state index in [1.807, 2.05) is 0 Å². The molecule has 1 amide bonds. The number of ether oxygens (including phenoxy) is 1. The molecule has 2 aromatic heterocycles. The number of hydrogen-bond donors (Lipinski definition) is 2. The van der Waals surface area contributed by atoms with Crippen LogP contribution < -0.4 is 11.2 Å². The van der Waals surface area contributed by atoms with Crippen LogP contribution in [0.4, 0.5) is 17.6 Å². The molecular formula is C26H21F4N3O3. The quantitative estimate of drug-likeness (QED) is 0.391. The highest BCUT2D eigenvalue weighted by atomic mass is 19.4. The first-order valence-electron chi connectivity index (χ1n) is 11.2. The molecule has 1 aliphatic heterocycles. The van der Waals surface area contributed by atoms with Crippen LogP contribution in [0.25, 0.3) is 21.7 Å². The predicted octanol–water partition coefficient (Wildman–Crippen LogP) is 4.92. The van der Waals surface area contributed by atoms with Gasteiger partial charge < -0.3 is 15.5 Å². The Labute approximate surface area is 202 Å². The minimum absolute atomic E-state index is 0.00519. The topological polar surface area (TPSA) is 98.1 Å². The summed E-state index contributed by atoms with van der Waals surface area (Å²) >= 11 is 0. The van der Waals surface area contributed by atoms with Gasteiger partial charge in [-0.2, -0.15) is 13.2 Å². The van der Waals surface area contributed by atoms with Gasteiger partial charge in [0.05, 0.1) is 17.5 Å². The number of amides is 1. The summed E-state index contributed by atoms with van der Waals surface area (Å²) in [7, 11) is 0. The van der Waals surface area contributed by atoms with E-state index in [2.05, 4.69) is 9.97 Å². The summed E-state index contributed by atoms with van der Waals surface area (Å²) in [6.07, 6.45) is -3.78. The maximum absolute atomic E-state index is 14.5. The number of nitrogens with zero attached hydrogens (tertiary/aromatic N) is 1. The van der Waals surface area contributed by atoms with Gasteiger partial charge in [-0.1, -0.05) is 30.3 Å². The number of pyridine rings is 2. The van der Waals surface area contributed by atoms with E-state index in [4.69, 9.17) is 10.5 Å². The normalized spacial score (nSPS) is 22.7. The van der Waals surface area contributed by atoms with Gasteiger partial charge in [-0.15, -0.1) is 0 Å². The van der Waals surface area contributed by atoms with E-state index in [9.17, 15) is 27.2 Å². The van der Waals surface area contributed by atoms with Crippen LogP contribution in [0.3, 0.4) is 0 Å². The maximum Gasteiger partial charge on any atom is 0.417 e. The number of nitrogens with two attached hydrogens (primary N) is 1. The minimum Gasteiger partial charge on any atom is -0.365 e. The molecule has 0 unspecified atom stereocenters. The monoisotopic (exact) mass is 499 g/mol. The number of H-pyrrole nitrogens is 1. The Kier molecular flexibility index (Phi) is 5.59. The van der Waals surface area contributed by atoms with Crippen molar-refractivity contribution < 1.29 is 27.1 Å². The standard InChI is InChI=1S/C26H21F4N3O3/c1-25(26(28,29)30)11-16(14-6-7-18(27)15-5-3-2-4-13(14)15)17(12-36-25)20-10-21(34)22-19(33-20)8-9-32-23(22)24(31)35/h2-10,16-17H,11-12H2,1H3,(H2,31,35)(H,33,34)/t16-,17+,25-/m1/s1. The van der Waals surface area contributed by atoms with Crippen molar-refractivity contribution in [3.8, 4) is 0 Å². The van der Waals surface area contributed by atoms with Crippen LogP contribution in [0.5, 0.6) is 0 Å². The number of carbonyl (C=O) groups excluding carboxylic acids is 1. The second-order valence-corrected chi connectivity index (χ2v) is 9.17. The van der Waals surface area contributed by atoms with Gasteiger partial charge in [0.1, 0.15) is 11.5 Å². The Balaban J connectivity index is 1.71. The molecule has 0 bridgehead atoms. The van der Waals surface area contributed by atoms with Crippen LogP contribution in [-0.4, -0.2) is 34.3 Å². The number of fused-ring (bicyclic) bond motifs is 2. The highest BCUT2D eigenvalue weighted by Crippen LogP contribution is 2.51. The number of halogens is 4. The molecule has 6 nitrogen and oxygen atoms in total. The fourth-order valence-corrected chi connectivity index (χ4v) is 5.06. The Hall–Kier alpha value is -3.79. The molecule has 5 rings (SSSR count). The number of alkyl halides is 3. The SMILES string of the molecule is C[C@]1(C(F)(F)F)C[C@H](c2ccc(F)c3ccccc23)[C@@H](c2cc(=O)c3c(C(N)=O)nccc3[nH]2)CO1. The number of nitrogens with one attached hydrogen (secondary N) is 1. The Morgan fingerprint density at radius 2 is 1.86 bits per heavy atom. The van der Waals surface area contributed by atoms with Crippen LogP contribution >= 0.6 is 0 Å². The first-order chi connectivity index (χ1) is 17.0. The lowest BCUT2D eigenvalue weighted by Crippen LogP contribution is -2.50. The molecule has 0 saturated carbocycles. The zero-order valence-electron chi connectivity index (χ0n) is 19.0. The zero-order valence-corrected chi connectivity index (χ0v) is 19.0. The number of rotatable bonds is 3. The van der Waals surface area contributed by atoms with Gasteiger partial charge in [-0.05, 0) is 42.3 Å². The molecule has 3 heterocycles. The van der Waals surface area contributed by atoms with Crippen LogP contribution in [-0.2, 0) is 4.74 Å². The molecule has 1 aliphatic rings. The lowest BCUT2D eigenvalue weighted by molar-refractivity contribution is -0.286. The van der Waals surface area contributed by atoms with Crippen molar-refractivity contribution in [1.82, 2.24) is 9.97 Å². The van der Waals surface area contributed by atoms with Crippen molar-refractivity contribution in [2.75, 3.05) is 6.61 Å². The summed E-state index contributed by atoms with van der Waals surface area (Å²) in [5.74, 6) is -2.84. The third kappa shape index (κ3) is 3.81. The smallest absolute Gasteiger partial charge is 0.365 e. The molecule has 1 saturated heterocycles. The molecule has 1 fully saturated rings. The summed E-state index contributed by atoms with van der Waals surface area (Å²) < 4.78 is 62.0. The predicted molar refractivity (Wildman–Crippen MR) is 125 cm³/mol. The Bertz CT molecular complexity index is 1570. The van der Waals surface area contributed by atoms with Crippen molar-refractivity contribution in [2.45, 2.75) is 37.0 Å². The second kappa shape index (κ2) is 8.41. The fraction of sp³-hybridized carbons (Fsp3) is 0.269. The molecule has 3 atom stereocenters. The molecule has 36 heavy (non-hydrogen) atoms. The summed E-state index contributed by atoms with van der Waals surface area (Å²) in [6, 6.07) is 12.0. The van der Waals surface area contributed by atoms with Gasteiger partial charge in [-0.3, -0.25) is 14.6 Å². The van der Waals surface area contributed by atoms with E-state index in [0.717, 1.165) is 6.92 Å².